The molecule has 0 aromatic heterocycles. The number of hydrogen-bond donors (Lipinski definition) is 2. The Morgan fingerprint density at radius 2 is 1.43 bits per heavy atom. The molecule has 0 saturated heterocycles. The maximum Gasteiger partial charge on any atom is 0.0448 e. The first-order valence-corrected chi connectivity index (χ1v) is 6.12. The second-order valence-corrected chi connectivity index (χ2v) is 5.32. The van der Waals surface area contributed by atoms with Crippen molar-refractivity contribution >= 4 is 0 Å². The summed E-state index contributed by atoms with van der Waals surface area (Å²) in [5.74, 6) is 0. The van der Waals surface area contributed by atoms with Crippen LogP contribution in [0.1, 0.15) is 57.8 Å². The zero-order valence-electron chi connectivity index (χ0n) is 9.10. The van der Waals surface area contributed by atoms with Crippen LogP contribution in [0.2, 0.25) is 0 Å². The molecule has 2 nitrogen and oxygen atoms in total. The van der Waals surface area contributed by atoms with Gasteiger partial charge in [0, 0.05) is 12.1 Å². The molecule has 2 fully saturated rings. The van der Waals surface area contributed by atoms with Gasteiger partial charge in [-0.05, 0) is 37.5 Å². The molecule has 1 atom stereocenters. The van der Waals surface area contributed by atoms with Gasteiger partial charge in [-0.1, -0.05) is 25.7 Å². The van der Waals surface area contributed by atoms with E-state index in [4.69, 9.17) is 10.8 Å². The fourth-order valence-electron chi connectivity index (χ4n) is 3.81. The van der Waals surface area contributed by atoms with Crippen LogP contribution in [-0.4, -0.2) is 17.3 Å². The lowest BCUT2D eigenvalue weighted by molar-refractivity contribution is 0.0449. The summed E-state index contributed by atoms with van der Waals surface area (Å²) in [6.07, 6.45) is 11.2. The van der Waals surface area contributed by atoms with Crippen LogP contribution >= 0.6 is 0 Å². The molecule has 82 valence electrons. The summed E-state index contributed by atoms with van der Waals surface area (Å²) >= 11 is 0. The van der Waals surface area contributed by atoms with Crippen molar-refractivity contribution < 1.29 is 5.11 Å². The van der Waals surface area contributed by atoms with Gasteiger partial charge in [0.05, 0.1) is 0 Å². The van der Waals surface area contributed by atoms with E-state index in [2.05, 4.69) is 0 Å². The Labute approximate surface area is 86.9 Å². The highest BCUT2D eigenvalue weighted by molar-refractivity contribution is 5.06. The van der Waals surface area contributed by atoms with Crippen LogP contribution in [0.4, 0.5) is 0 Å². The van der Waals surface area contributed by atoms with Gasteiger partial charge in [-0.15, -0.1) is 0 Å². The van der Waals surface area contributed by atoms with Crippen molar-refractivity contribution in [3.8, 4) is 0 Å². The molecular formula is C12H23NO. The van der Waals surface area contributed by atoms with Crippen LogP contribution in [-0.2, 0) is 0 Å². The van der Waals surface area contributed by atoms with E-state index in [0.29, 0.717) is 5.41 Å². The Morgan fingerprint density at radius 3 is 1.93 bits per heavy atom. The van der Waals surface area contributed by atoms with Gasteiger partial charge in [0.1, 0.15) is 0 Å². The van der Waals surface area contributed by atoms with Gasteiger partial charge in [0.15, 0.2) is 0 Å². The molecule has 2 aliphatic carbocycles. The van der Waals surface area contributed by atoms with E-state index in [-0.39, 0.29) is 12.1 Å². The fraction of sp³-hybridized carbons (Fsp3) is 1.00. The molecule has 2 saturated carbocycles. The first kappa shape index (κ1) is 10.4. The number of aliphatic hydroxyl groups excluding tert-OH is 1. The monoisotopic (exact) mass is 197 g/mol. The molecule has 0 aromatic carbocycles. The Morgan fingerprint density at radius 1 is 0.929 bits per heavy atom. The average Bonchev–Trinajstić information content (AvgIpc) is 2.62. The summed E-state index contributed by atoms with van der Waals surface area (Å²) < 4.78 is 0. The topological polar surface area (TPSA) is 46.2 Å². The molecule has 0 heterocycles. The van der Waals surface area contributed by atoms with Crippen molar-refractivity contribution in [1.82, 2.24) is 0 Å². The lowest BCUT2D eigenvalue weighted by Crippen LogP contribution is -2.56. The number of nitrogens with two attached hydrogens (primary N) is 1. The van der Waals surface area contributed by atoms with Crippen LogP contribution in [0.25, 0.3) is 0 Å². The predicted molar refractivity (Wildman–Crippen MR) is 58.0 cm³/mol. The summed E-state index contributed by atoms with van der Waals surface area (Å²) in [7, 11) is 0. The third-order valence-electron chi connectivity index (χ3n) is 4.70. The van der Waals surface area contributed by atoms with Gasteiger partial charge in [-0.25, -0.2) is 0 Å². The second-order valence-electron chi connectivity index (χ2n) is 5.32. The first-order valence-electron chi connectivity index (χ1n) is 6.12. The largest absolute Gasteiger partial charge is 0.396 e. The Hall–Kier alpha value is -0.0800. The van der Waals surface area contributed by atoms with Gasteiger partial charge in [-0.3, -0.25) is 0 Å². The molecule has 0 aliphatic heterocycles. The Kier molecular flexibility index (Phi) is 2.85. The highest BCUT2D eigenvalue weighted by atomic mass is 16.3. The first-order chi connectivity index (χ1) is 6.72. The summed E-state index contributed by atoms with van der Waals surface area (Å²) in [6, 6.07) is 0. The molecular weight excluding hydrogens is 174 g/mol. The third kappa shape index (κ3) is 1.49. The quantitative estimate of drug-likeness (QED) is 0.713. The molecule has 2 aliphatic rings. The maximum absolute atomic E-state index is 9.15. The van der Waals surface area contributed by atoms with E-state index < -0.39 is 0 Å². The molecule has 0 amide bonds. The molecule has 0 radical (unpaired) electrons. The normalized spacial score (nSPS) is 36.4. The van der Waals surface area contributed by atoms with E-state index in [0.717, 1.165) is 12.8 Å². The minimum atomic E-state index is -0.0451. The SMILES string of the molecule is NC1(CCO)CCCCC12CCCC2. The van der Waals surface area contributed by atoms with E-state index in [1.54, 1.807) is 0 Å². The molecule has 1 spiro atoms. The minimum absolute atomic E-state index is 0.0451. The van der Waals surface area contributed by atoms with Crippen molar-refractivity contribution in [2.24, 2.45) is 11.1 Å². The van der Waals surface area contributed by atoms with E-state index in [1.807, 2.05) is 0 Å². The molecule has 2 heteroatoms. The fourth-order valence-corrected chi connectivity index (χ4v) is 3.81. The zero-order valence-corrected chi connectivity index (χ0v) is 9.10. The highest BCUT2D eigenvalue weighted by Crippen LogP contribution is 2.54. The van der Waals surface area contributed by atoms with Crippen LogP contribution in [0.5, 0.6) is 0 Å². The van der Waals surface area contributed by atoms with Crippen molar-refractivity contribution in [2.45, 2.75) is 63.3 Å². The summed E-state index contributed by atoms with van der Waals surface area (Å²) in [6.45, 7) is 0.262. The molecule has 2 rings (SSSR count). The second kappa shape index (κ2) is 3.82. The predicted octanol–water partition coefficient (Wildman–Crippen LogP) is 2.20. The lowest BCUT2D eigenvalue weighted by atomic mass is 9.59. The molecule has 3 N–H and O–H groups in total. The number of rotatable bonds is 2. The van der Waals surface area contributed by atoms with E-state index in [1.165, 1.54) is 44.9 Å². The van der Waals surface area contributed by atoms with E-state index in [9.17, 15) is 0 Å². The highest BCUT2D eigenvalue weighted by Gasteiger charge is 2.50. The van der Waals surface area contributed by atoms with Crippen LogP contribution in [0.3, 0.4) is 0 Å². The summed E-state index contributed by atoms with van der Waals surface area (Å²) in [5, 5.41) is 9.15. The van der Waals surface area contributed by atoms with Crippen molar-refractivity contribution in [1.29, 1.82) is 0 Å². The van der Waals surface area contributed by atoms with Gasteiger partial charge in [-0.2, -0.15) is 0 Å². The van der Waals surface area contributed by atoms with Gasteiger partial charge < -0.3 is 10.8 Å². The molecule has 14 heavy (non-hydrogen) atoms. The van der Waals surface area contributed by atoms with Crippen LogP contribution in [0.15, 0.2) is 0 Å². The molecule has 0 bridgehead atoms. The minimum Gasteiger partial charge on any atom is -0.396 e. The standard InChI is InChI=1S/C12H23NO/c13-12(9-10-14)8-4-3-7-11(12)5-1-2-6-11/h14H,1-10,13H2. The average molecular weight is 197 g/mol. The zero-order chi connectivity index (χ0) is 10.1. The molecule has 1 unspecified atom stereocenters. The van der Waals surface area contributed by atoms with Crippen molar-refractivity contribution in [3.05, 3.63) is 0 Å². The molecule has 0 aromatic rings. The summed E-state index contributed by atoms with van der Waals surface area (Å²) in [4.78, 5) is 0. The summed E-state index contributed by atoms with van der Waals surface area (Å²) in [5.41, 5.74) is 6.90. The van der Waals surface area contributed by atoms with Crippen molar-refractivity contribution in [3.63, 3.8) is 0 Å². The van der Waals surface area contributed by atoms with Gasteiger partial charge in [0.2, 0.25) is 0 Å². The van der Waals surface area contributed by atoms with Crippen LogP contribution < -0.4 is 5.73 Å². The lowest BCUT2D eigenvalue weighted by Gasteiger charge is -2.50. The number of aliphatic hydroxyl groups is 1. The third-order valence-corrected chi connectivity index (χ3v) is 4.70. The van der Waals surface area contributed by atoms with E-state index >= 15 is 0 Å². The van der Waals surface area contributed by atoms with Crippen molar-refractivity contribution in [2.75, 3.05) is 6.61 Å². The van der Waals surface area contributed by atoms with Gasteiger partial charge in [0.25, 0.3) is 0 Å². The van der Waals surface area contributed by atoms with Crippen LogP contribution in [0, 0.1) is 5.41 Å². The Bertz CT molecular complexity index is 194. The Balaban J connectivity index is 2.17. The smallest absolute Gasteiger partial charge is 0.0448 e. The maximum atomic E-state index is 9.15. The number of hydrogen-bond acceptors (Lipinski definition) is 2. The van der Waals surface area contributed by atoms with Gasteiger partial charge >= 0.3 is 0 Å².